The van der Waals surface area contributed by atoms with Crippen LogP contribution in [0.15, 0.2) is 46.8 Å². The quantitative estimate of drug-likeness (QED) is 0.620. The topological polar surface area (TPSA) is 96.4 Å². The van der Waals surface area contributed by atoms with Crippen LogP contribution in [-0.2, 0) is 16.4 Å². The van der Waals surface area contributed by atoms with E-state index in [-0.39, 0.29) is 28.3 Å². The molecular weight excluding hydrogens is 410 g/mol. The molecule has 0 aliphatic carbocycles. The zero-order valence-electron chi connectivity index (χ0n) is 14.4. The van der Waals surface area contributed by atoms with Crippen molar-refractivity contribution in [2.75, 3.05) is 4.72 Å². The van der Waals surface area contributed by atoms with E-state index in [1.807, 2.05) is 0 Å². The number of sulfonamides is 1. The lowest BCUT2D eigenvalue weighted by Crippen LogP contribution is -2.16. The van der Waals surface area contributed by atoms with Crippen molar-refractivity contribution in [1.82, 2.24) is 4.98 Å². The first-order valence-corrected chi connectivity index (χ1v) is 10.4. The summed E-state index contributed by atoms with van der Waals surface area (Å²) in [4.78, 5) is 15.1. The molecule has 3 aromatic rings. The largest absolute Gasteiger partial charge is 0.478 e. The molecule has 2 aromatic carbocycles. The van der Waals surface area contributed by atoms with Gasteiger partial charge in [-0.05, 0) is 48.4 Å². The molecule has 2 N–H and O–H groups in total. The molecule has 6 nitrogen and oxygen atoms in total. The van der Waals surface area contributed by atoms with Crippen LogP contribution in [0.1, 0.15) is 22.8 Å². The highest BCUT2D eigenvalue weighted by atomic mass is 32.2. The van der Waals surface area contributed by atoms with Crippen molar-refractivity contribution in [2.24, 2.45) is 0 Å². The molecule has 0 bridgehead atoms. The SMILES string of the molecule is CCc1cc(C(=O)O)cc(F)c1NS(=O)(=O)c1csc(-c2ccc(F)cc2)n1. The number of carboxylic acids is 1. The Hall–Kier alpha value is -2.85. The Morgan fingerprint density at radius 2 is 1.89 bits per heavy atom. The Balaban J connectivity index is 1.95. The fourth-order valence-electron chi connectivity index (χ4n) is 2.47. The predicted octanol–water partition coefficient (Wildman–Crippen LogP) is 4.15. The molecule has 0 unspecified atom stereocenters. The predicted molar refractivity (Wildman–Crippen MR) is 101 cm³/mol. The highest BCUT2D eigenvalue weighted by Gasteiger charge is 2.23. The number of aromatic nitrogens is 1. The van der Waals surface area contributed by atoms with Gasteiger partial charge in [-0.15, -0.1) is 11.3 Å². The van der Waals surface area contributed by atoms with E-state index in [0.29, 0.717) is 10.6 Å². The number of aromatic carboxylic acids is 1. The van der Waals surface area contributed by atoms with Gasteiger partial charge in [-0.3, -0.25) is 4.72 Å². The standard InChI is InChI=1S/C18H14F2N2O4S2/c1-2-10-7-12(18(23)24)8-14(20)16(10)22-28(25,26)15-9-27-17(21-15)11-3-5-13(19)6-4-11/h3-9,22H,2H2,1H3,(H,23,24). The van der Waals surface area contributed by atoms with Gasteiger partial charge in [-0.25, -0.2) is 18.6 Å². The Labute approximate surface area is 163 Å². The van der Waals surface area contributed by atoms with E-state index < -0.39 is 27.6 Å². The number of anilines is 1. The number of rotatable bonds is 6. The van der Waals surface area contributed by atoms with Crippen LogP contribution in [0.5, 0.6) is 0 Å². The summed E-state index contributed by atoms with van der Waals surface area (Å²) < 4.78 is 54.8. The van der Waals surface area contributed by atoms with E-state index in [1.54, 1.807) is 6.92 Å². The van der Waals surface area contributed by atoms with Gasteiger partial charge in [0.1, 0.15) is 16.6 Å². The second-order valence-electron chi connectivity index (χ2n) is 5.75. The fourth-order valence-corrected chi connectivity index (χ4v) is 4.68. The molecule has 0 fully saturated rings. The summed E-state index contributed by atoms with van der Waals surface area (Å²) in [6.45, 7) is 1.65. The summed E-state index contributed by atoms with van der Waals surface area (Å²) >= 11 is 1.04. The number of carboxylic acid groups (broad SMARTS) is 1. The van der Waals surface area contributed by atoms with Gasteiger partial charge in [-0.1, -0.05) is 6.92 Å². The smallest absolute Gasteiger partial charge is 0.335 e. The maximum absolute atomic E-state index is 14.4. The van der Waals surface area contributed by atoms with Crippen LogP contribution >= 0.6 is 11.3 Å². The first kappa shape index (κ1) is 19.9. The molecule has 10 heteroatoms. The zero-order valence-corrected chi connectivity index (χ0v) is 16.1. The van der Waals surface area contributed by atoms with E-state index in [1.165, 1.54) is 35.7 Å². The van der Waals surface area contributed by atoms with Crippen LogP contribution in [0.2, 0.25) is 0 Å². The molecule has 146 valence electrons. The van der Waals surface area contributed by atoms with Crippen molar-refractivity contribution in [3.63, 3.8) is 0 Å². The normalized spacial score (nSPS) is 11.4. The zero-order chi connectivity index (χ0) is 20.5. The number of hydrogen-bond donors (Lipinski definition) is 2. The lowest BCUT2D eigenvalue weighted by Gasteiger charge is -2.12. The minimum absolute atomic E-state index is 0.204. The maximum Gasteiger partial charge on any atom is 0.335 e. The summed E-state index contributed by atoms with van der Waals surface area (Å²) in [7, 11) is -4.21. The molecular formula is C18H14F2N2O4S2. The number of nitrogens with zero attached hydrogens (tertiary/aromatic N) is 1. The van der Waals surface area contributed by atoms with Crippen molar-refractivity contribution in [2.45, 2.75) is 18.4 Å². The van der Waals surface area contributed by atoms with Crippen molar-refractivity contribution >= 4 is 33.0 Å². The highest BCUT2D eigenvalue weighted by molar-refractivity contribution is 7.92. The third kappa shape index (κ3) is 4.02. The average molecular weight is 424 g/mol. The van der Waals surface area contributed by atoms with Crippen LogP contribution in [0.25, 0.3) is 10.6 Å². The molecule has 0 radical (unpaired) electrons. The molecule has 0 aliphatic rings. The van der Waals surface area contributed by atoms with Gasteiger partial charge >= 0.3 is 5.97 Å². The molecule has 0 aliphatic heterocycles. The summed E-state index contributed by atoms with van der Waals surface area (Å²) in [5.41, 5.74) is 0.155. The lowest BCUT2D eigenvalue weighted by atomic mass is 10.1. The number of carbonyl (C=O) groups is 1. The lowest BCUT2D eigenvalue weighted by molar-refractivity contribution is 0.0696. The van der Waals surface area contributed by atoms with Crippen molar-refractivity contribution in [3.8, 4) is 10.6 Å². The first-order chi connectivity index (χ1) is 13.2. The number of aryl methyl sites for hydroxylation is 1. The van der Waals surface area contributed by atoms with Gasteiger partial charge < -0.3 is 5.11 Å². The van der Waals surface area contributed by atoms with Crippen LogP contribution in [0.3, 0.4) is 0 Å². The van der Waals surface area contributed by atoms with Crippen LogP contribution in [0, 0.1) is 11.6 Å². The molecule has 3 rings (SSSR count). The number of nitrogens with one attached hydrogen (secondary N) is 1. The molecule has 0 amide bonds. The first-order valence-electron chi connectivity index (χ1n) is 8.01. The summed E-state index contributed by atoms with van der Waals surface area (Å²) in [5.74, 6) is -2.73. The minimum Gasteiger partial charge on any atom is -0.478 e. The summed E-state index contributed by atoms with van der Waals surface area (Å²) in [6, 6.07) is 7.37. The van der Waals surface area contributed by atoms with Gasteiger partial charge in [-0.2, -0.15) is 8.42 Å². The minimum atomic E-state index is -4.21. The van der Waals surface area contributed by atoms with Crippen molar-refractivity contribution in [1.29, 1.82) is 0 Å². The monoisotopic (exact) mass is 424 g/mol. The third-order valence-electron chi connectivity index (χ3n) is 3.89. The molecule has 0 saturated heterocycles. The van der Waals surface area contributed by atoms with E-state index in [4.69, 9.17) is 5.11 Å². The Morgan fingerprint density at radius 1 is 1.21 bits per heavy atom. The number of benzene rings is 2. The van der Waals surface area contributed by atoms with E-state index in [0.717, 1.165) is 17.4 Å². The molecule has 0 saturated carbocycles. The second-order valence-corrected chi connectivity index (χ2v) is 8.24. The molecule has 0 atom stereocenters. The average Bonchev–Trinajstić information content (AvgIpc) is 3.14. The van der Waals surface area contributed by atoms with Gasteiger partial charge in [0.2, 0.25) is 0 Å². The van der Waals surface area contributed by atoms with Gasteiger partial charge in [0.15, 0.2) is 5.03 Å². The van der Waals surface area contributed by atoms with E-state index >= 15 is 0 Å². The number of thiazole rings is 1. The molecule has 0 spiro atoms. The van der Waals surface area contributed by atoms with E-state index in [2.05, 4.69) is 9.71 Å². The van der Waals surface area contributed by atoms with E-state index in [9.17, 15) is 22.0 Å². The highest BCUT2D eigenvalue weighted by Crippen LogP contribution is 2.29. The Kier molecular flexibility index (Phi) is 5.43. The number of halogens is 2. The summed E-state index contributed by atoms with van der Waals surface area (Å²) in [6.07, 6.45) is 0.216. The number of hydrogen-bond acceptors (Lipinski definition) is 5. The van der Waals surface area contributed by atoms with Gasteiger partial charge in [0, 0.05) is 10.9 Å². The fraction of sp³-hybridized carbons (Fsp3) is 0.111. The van der Waals surface area contributed by atoms with Gasteiger partial charge in [0.25, 0.3) is 10.0 Å². The van der Waals surface area contributed by atoms with Crippen molar-refractivity contribution < 1.29 is 27.1 Å². The Morgan fingerprint density at radius 3 is 2.50 bits per heavy atom. The van der Waals surface area contributed by atoms with Gasteiger partial charge in [0.05, 0.1) is 11.3 Å². The molecule has 28 heavy (non-hydrogen) atoms. The van der Waals surface area contributed by atoms with Crippen LogP contribution in [-0.4, -0.2) is 24.5 Å². The third-order valence-corrected chi connectivity index (χ3v) is 6.16. The summed E-state index contributed by atoms with van der Waals surface area (Å²) in [5, 5.41) is 10.3. The van der Waals surface area contributed by atoms with Crippen LogP contribution < -0.4 is 4.72 Å². The molecule has 1 heterocycles. The second kappa shape index (κ2) is 7.64. The molecule has 1 aromatic heterocycles. The maximum atomic E-state index is 14.4. The van der Waals surface area contributed by atoms with Crippen LogP contribution in [0.4, 0.5) is 14.5 Å². The Bertz CT molecular complexity index is 1140. The van der Waals surface area contributed by atoms with Crippen molar-refractivity contribution in [3.05, 3.63) is 64.5 Å².